The van der Waals surface area contributed by atoms with E-state index in [1.165, 1.54) is 12.0 Å². The molecule has 3 rings (SSSR count). The number of nitrogens with one attached hydrogen (secondary N) is 1. The van der Waals surface area contributed by atoms with Gasteiger partial charge in [-0.05, 0) is 55.6 Å². The fourth-order valence-corrected chi connectivity index (χ4v) is 4.11. The fraction of sp³-hybridized carbons (Fsp3) is 0.591. The van der Waals surface area contributed by atoms with Crippen LogP contribution in [-0.4, -0.2) is 21.7 Å². The molecule has 2 aromatic rings. The standard InChI is InChI=1S/C22H32N4O/c1-5-7-21-25-26-22(27-21)12-17-11-20(15(2)3)18(10-16(17)4)13-24-19-8-6-9-23-14-19/h6,8-10,14-15,17-18,20,24H,5,7,11-13H2,1-4H3. The van der Waals surface area contributed by atoms with Gasteiger partial charge in [-0.1, -0.05) is 32.4 Å². The summed E-state index contributed by atoms with van der Waals surface area (Å²) in [6, 6.07) is 4.04. The Morgan fingerprint density at radius 2 is 2.07 bits per heavy atom. The lowest BCUT2D eigenvalue weighted by Crippen LogP contribution is -2.32. The molecule has 0 fully saturated rings. The average Bonchev–Trinajstić information content (AvgIpc) is 3.10. The molecule has 0 saturated heterocycles. The van der Waals surface area contributed by atoms with E-state index in [2.05, 4.69) is 60.3 Å². The molecule has 5 heteroatoms. The topological polar surface area (TPSA) is 63.8 Å². The summed E-state index contributed by atoms with van der Waals surface area (Å²) in [5.74, 6) is 3.84. The molecule has 0 bridgehead atoms. The molecule has 0 aromatic carbocycles. The number of aryl methyl sites for hydroxylation is 1. The highest BCUT2D eigenvalue weighted by Crippen LogP contribution is 2.39. The van der Waals surface area contributed by atoms with Crippen molar-refractivity contribution in [3.63, 3.8) is 0 Å². The summed E-state index contributed by atoms with van der Waals surface area (Å²) < 4.78 is 5.83. The van der Waals surface area contributed by atoms with Crippen molar-refractivity contribution in [1.29, 1.82) is 0 Å². The smallest absolute Gasteiger partial charge is 0.217 e. The molecular formula is C22H32N4O. The molecule has 1 N–H and O–H groups in total. The van der Waals surface area contributed by atoms with E-state index in [-0.39, 0.29) is 0 Å². The van der Waals surface area contributed by atoms with Gasteiger partial charge in [0.05, 0.1) is 5.69 Å². The van der Waals surface area contributed by atoms with Crippen LogP contribution in [0.1, 0.15) is 52.3 Å². The van der Waals surface area contributed by atoms with Crippen LogP contribution in [0, 0.1) is 23.7 Å². The van der Waals surface area contributed by atoms with Gasteiger partial charge in [0.15, 0.2) is 0 Å². The van der Waals surface area contributed by atoms with Gasteiger partial charge in [0, 0.05) is 31.8 Å². The Morgan fingerprint density at radius 1 is 1.26 bits per heavy atom. The van der Waals surface area contributed by atoms with Gasteiger partial charge >= 0.3 is 0 Å². The van der Waals surface area contributed by atoms with Gasteiger partial charge in [0.25, 0.3) is 0 Å². The maximum atomic E-state index is 5.83. The lowest BCUT2D eigenvalue weighted by molar-refractivity contribution is 0.229. The largest absolute Gasteiger partial charge is 0.425 e. The minimum atomic E-state index is 0.488. The first-order valence-corrected chi connectivity index (χ1v) is 10.2. The van der Waals surface area contributed by atoms with Crippen molar-refractivity contribution >= 4 is 5.69 Å². The molecule has 3 atom stereocenters. The maximum absolute atomic E-state index is 5.83. The van der Waals surface area contributed by atoms with E-state index in [0.29, 0.717) is 23.7 Å². The Hall–Kier alpha value is -2.17. The van der Waals surface area contributed by atoms with Gasteiger partial charge in [0.2, 0.25) is 11.8 Å². The number of aromatic nitrogens is 3. The van der Waals surface area contributed by atoms with E-state index in [1.807, 2.05) is 12.3 Å². The van der Waals surface area contributed by atoms with Crippen LogP contribution < -0.4 is 5.32 Å². The van der Waals surface area contributed by atoms with Gasteiger partial charge in [0.1, 0.15) is 0 Å². The molecule has 0 spiro atoms. The van der Waals surface area contributed by atoms with Crippen LogP contribution in [-0.2, 0) is 12.8 Å². The van der Waals surface area contributed by atoms with Gasteiger partial charge in [-0.3, -0.25) is 4.98 Å². The molecule has 1 aliphatic carbocycles. The maximum Gasteiger partial charge on any atom is 0.217 e. The van der Waals surface area contributed by atoms with Crippen molar-refractivity contribution in [2.45, 2.75) is 53.4 Å². The molecule has 0 aliphatic heterocycles. The molecule has 2 aromatic heterocycles. The Kier molecular flexibility index (Phi) is 6.64. The molecule has 0 radical (unpaired) electrons. The second-order valence-corrected chi connectivity index (χ2v) is 8.08. The summed E-state index contributed by atoms with van der Waals surface area (Å²) in [5, 5.41) is 12.0. The highest BCUT2D eigenvalue weighted by molar-refractivity contribution is 5.40. The van der Waals surface area contributed by atoms with Crippen molar-refractivity contribution in [3.05, 3.63) is 48.0 Å². The summed E-state index contributed by atoms with van der Waals surface area (Å²) in [7, 11) is 0. The molecule has 0 amide bonds. The Morgan fingerprint density at radius 3 is 2.78 bits per heavy atom. The molecule has 1 aliphatic rings. The molecular weight excluding hydrogens is 336 g/mol. The van der Waals surface area contributed by atoms with Gasteiger partial charge in [-0.2, -0.15) is 0 Å². The highest BCUT2D eigenvalue weighted by atomic mass is 16.4. The minimum absolute atomic E-state index is 0.488. The SMILES string of the molecule is CCCc1nnc(CC2CC(C(C)C)C(CNc3cccnc3)C=C2C)o1. The van der Waals surface area contributed by atoms with Gasteiger partial charge in [-0.15, -0.1) is 10.2 Å². The summed E-state index contributed by atoms with van der Waals surface area (Å²) in [4.78, 5) is 4.19. The van der Waals surface area contributed by atoms with Crippen LogP contribution in [0.3, 0.4) is 0 Å². The van der Waals surface area contributed by atoms with E-state index in [1.54, 1.807) is 6.20 Å². The number of anilines is 1. The van der Waals surface area contributed by atoms with E-state index in [4.69, 9.17) is 4.42 Å². The Labute approximate surface area is 162 Å². The summed E-state index contributed by atoms with van der Waals surface area (Å²) in [6.07, 6.45) is 10.1. The summed E-state index contributed by atoms with van der Waals surface area (Å²) >= 11 is 0. The van der Waals surface area contributed by atoms with Crippen molar-refractivity contribution < 1.29 is 4.42 Å². The van der Waals surface area contributed by atoms with E-state index < -0.39 is 0 Å². The van der Waals surface area contributed by atoms with Gasteiger partial charge in [-0.25, -0.2) is 0 Å². The highest BCUT2D eigenvalue weighted by Gasteiger charge is 2.32. The van der Waals surface area contributed by atoms with Crippen molar-refractivity contribution in [2.75, 3.05) is 11.9 Å². The van der Waals surface area contributed by atoms with E-state index in [9.17, 15) is 0 Å². The third-order valence-electron chi connectivity index (χ3n) is 5.68. The third kappa shape index (κ3) is 5.18. The van der Waals surface area contributed by atoms with E-state index in [0.717, 1.165) is 43.3 Å². The average molecular weight is 369 g/mol. The predicted octanol–water partition coefficient (Wildman–Crippen LogP) is 4.93. The normalized spacial score (nSPS) is 22.7. The lowest BCUT2D eigenvalue weighted by Gasteiger charge is -2.37. The molecule has 3 unspecified atom stereocenters. The van der Waals surface area contributed by atoms with Crippen molar-refractivity contribution in [1.82, 2.24) is 15.2 Å². The van der Waals surface area contributed by atoms with Crippen LogP contribution in [0.4, 0.5) is 5.69 Å². The second-order valence-electron chi connectivity index (χ2n) is 8.08. The number of hydrogen-bond donors (Lipinski definition) is 1. The van der Waals surface area contributed by atoms with Crippen LogP contribution >= 0.6 is 0 Å². The van der Waals surface area contributed by atoms with Crippen LogP contribution in [0.2, 0.25) is 0 Å². The molecule has 5 nitrogen and oxygen atoms in total. The zero-order chi connectivity index (χ0) is 19.2. The number of rotatable bonds is 8. The van der Waals surface area contributed by atoms with Crippen LogP contribution in [0.5, 0.6) is 0 Å². The minimum Gasteiger partial charge on any atom is -0.425 e. The molecule has 0 saturated carbocycles. The van der Waals surface area contributed by atoms with Crippen LogP contribution in [0.15, 0.2) is 40.6 Å². The summed E-state index contributed by atoms with van der Waals surface area (Å²) in [6.45, 7) is 9.99. The van der Waals surface area contributed by atoms with Gasteiger partial charge < -0.3 is 9.73 Å². The number of pyridine rings is 1. The Balaban J connectivity index is 1.67. The molecule has 2 heterocycles. The third-order valence-corrected chi connectivity index (χ3v) is 5.68. The first kappa shape index (κ1) is 19.6. The first-order chi connectivity index (χ1) is 13.1. The lowest BCUT2D eigenvalue weighted by atomic mass is 9.70. The Bertz CT molecular complexity index is 738. The predicted molar refractivity (Wildman–Crippen MR) is 108 cm³/mol. The second kappa shape index (κ2) is 9.16. The van der Waals surface area contributed by atoms with Crippen molar-refractivity contribution in [3.8, 4) is 0 Å². The van der Waals surface area contributed by atoms with E-state index >= 15 is 0 Å². The quantitative estimate of drug-likeness (QED) is 0.670. The molecule has 27 heavy (non-hydrogen) atoms. The number of nitrogens with zero attached hydrogens (tertiary/aromatic N) is 3. The monoisotopic (exact) mass is 368 g/mol. The number of allylic oxidation sites excluding steroid dienone is 1. The number of hydrogen-bond acceptors (Lipinski definition) is 5. The molecule has 146 valence electrons. The van der Waals surface area contributed by atoms with Crippen LogP contribution in [0.25, 0.3) is 0 Å². The zero-order valence-electron chi connectivity index (χ0n) is 17.0. The zero-order valence-corrected chi connectivity index (χ0v) is 17.0. The summed E-state index contributed by atoms with van der Waals surface area (Å²) in [5.41, 5.74) is 2.53. The fourth-order valence-electron chi connectivity index (χ4n) is 4.11. The first-order valence-electron chi connectivity index (χ1n) is 10.2. The van der Waals surface area contributed by atoms with Crippen molar-refractivity contribution in [2.24, 2.45) is 23.7 Å².